The van der Waals surface area contributed by atoms with Crippen molar-refractivity contribution in [1.29, 1.82) is 0 Å². The highest BCUT2D eigenvalue weighted by molar-refractivity contribution is 7.73. The second-order valence-electron chi connectivity index (χ2n) is 5.79. The van der Waals surface area contributed by atoms with E-state index in [-0.39, 0.29) is 0 Å². The van der Waals surface area contributed by atoms with Crippen LogP contribution in [0.2, 0.25) is 0 Å². The molecule has 0 radical (unpaired) electrons. The normalized spacial score (nSPS) is 22.9. The third-order valence-corrected chi connectivity index (χ3v) is 5.57. The van der Waals surface area contributed by atoms with Crippen molar-refractivity contribution in [3.63, 3.8) is 0 Å². The standard InChI is InChI=1S/C13H21N3OS2/c17-13(6-2-1-3-7-13)10-16-12(18)19-11(14-16)15-8-4-5-9-15/h17H,1-10H2. The monoisotopic (exact) mass is 299 g/mol. The fraction of sp³-hybridized carbons (Fsp3) is 0.846. The van der Waals surface area contributed by atoms with Gasteiger partial charge in [0.25, 0.3) is 0 Å². The van der Waals surface area contributed by atoms with E-state index >= 15 is 0 Å². The van der Waals surface area contributed by atoms with Gasteiger partial charge in [-0.15, -0.1) is 5.10 Å². The summed E-state index contributed by atoms with van der Waals surface area (Å²) in [5.41, 5.74) is -0.590. The predicted molar refractivity (Wildman–Crippen MR) is 80.4 cm³/mol. The van der Waals surface area contributed by atoms with Gasteiger partial charge in [-0.3, -0.25) is 0 Å². The van der Waals surface area contributed by atoms with E-state index in [1.54, 1.807) is 11.3 Å². The van der Waals surface area contributed by atoms with Gasteiger partial charge in [-0.05, 0) is 37.9 Å². The predicted octanol–water partition coefficient (Wildman–Crippen LogP) is 2.97. The quantitative estimate of drug-likeness (QED) is 0.871. The molecule has 2 heterocycles. The highest BCUT2D eigenvalue weighted by Crippen LogP contribution is 2.31. The van der Waals surface area contributed by atoms with Crippen molar-refractivity contribution in [3.05, 3.63) is 3.95 Å². The third-order valence-electron chi connectivity index (χ3n) is 4.20. The molecule has 0 spiro atoms. The molecule has 1 aromatic rings. The summed E-state index contributed by atoms with van der Waals surface area (Å²) in [6.45, 7) is 2.75. The molecule has 6 heteroatoms. The number of aromatic nitrogens is 2. The zero-order valence-electron chi connectivity index (χ0n) is 11.2. The van der Waals surface area contributed by atoms with Gasteiger partial charge in [-0.1, -0.05) is 30.6 Å². The number of anilines is 1. The summed E-state index contributed by atoms with van der Waals surface area (Å²) in [5, 5.41) is 16.3. The van der Waals surface area contributed by atoms with E-state index in [1.165, 1.54) is 19.3 Å². The average molecular weight is 299 g/mol. The van der Waals surface area contributed by atoms with Crippen LogP contribution in [0.1, 0.15) is 44.9 Å². The Morgan fingerprint density at radius 3 is 2.53 bits per heavy atom. The van der Waals surface area contributed by atoms with Crippen molar-refractivity contribution in [1.82, 2.24) is 9.78 Å². The Labute approximate surface area is 123 Å². The zero-order valence-corrected chi connectivity index (χ0v) is 12.8. The van der Waals surface area contributed by atoms with E-state index in [2.05, 4.69) is 10.00 Å². The van der Waals surface area contributed by atoms with Gasteiger partial charge in [0, 0.05) is 13.1 Å². The number of aliphatic hydroxyl groups is 1. The summed E-state index contributed by atoms with van der Waals surface area (Å²) in [6, 6.07) is 0. The second-order valence-corrected chi connectivity index (χ2v) is 7.39. The van der Waals surface area contributed by atoms with E-state index in [1.807, 2.05) is 4.68 Å². The fourth-order valence-corrected chi connectivity index (χ4v) is 4.23. The van der Waals surface area contributed by atoms with Gasteiger partial charge in [-0.25, -0.2) is 4.68 Å². The Morgan fingerprint density at radius 2 is 1.84 bits per heavy atom. The van der Waals surface area contributed by atoms with Gasteiger partial charge in [-0.2, -0.15) is 0 Å². The van der Waals surface area contributed by atoms with Crippen molar-refractivity contribution >= 4 is 28.7 Å². The molecule has 3 rings (SSSR count). The number of hydrogen-bond acceptors (Lipinski definition) is 5. The van der Waals surface area contributed by atoms with Crippen LogP contribution < -0.4 is 4.90 Å². The molecule has 4 nitrogen and oxygen atoms in total. The molecule has 2 aliphatic rings. The topological polar surface area (TPSA) is 41.3 Å². The Bertz CT molecular complexity index is 484. The summed E-state index contributed by atoms with van der Waals surface area (Å²) in [4.78, 5) is 2.31. The molecule has 0 atom stereocenters. The Balaban J connectivity index is 1.75. The van der Waals surface area contributed by atoms with Gasteiger partial charge in [0.15, 0.2) is 3.95 Å². The minimum absolute atomic E-state index is 0.566. The molecule has 1 aromatic heterocycles. The lowest BCUT2D eigenvalue weighted by Gasteiger charge is -2.31. The summed E-state index contributed by atoms with van der Waals surface area (Å²) in [7, 11) is 0. The molecule has 1 saturated heterocycles. The number of rotatable bonds is 3. The first-order valence-corrected chi connectivity index (χ1v) is 8.44. The molecule has 0 aromatic carbocycles. The van der Waals surface area contributed by atoms with Gasteiger partial charge in [0.2, 0.25) is 5.13 Å². The van der Waals surface area contributed by atoms with Crippen molar-refractivity contribution < 1.29 is 5.11 Å². The summed E-state index contributed by atoms with van der Waals surface area (Å²) >= 11 is 6.99. The van der Waals surface area contributed by atoms with Crippen LogP contribution in [0.3, 0.4) is 0 Å². The van der Waals surface area contributed by atoms with Crippen LogP contribution in [0.15, 0.2) is 0 Å². The third kappa shape index (κ3) is 3.01. The SMILES string of the molecule is OC1(Cn2nc(N3CCCC3)sc2=S)CCCCC1. The summed E-state index contributed by atoms with van der Waals surface area (Å²) < 4.78 is 2.64. The Morgan fingerprint density at radius 1 is 1.16 bits per heavy atom. The van der Waals surface area contributed by atoms with E-state index in [0.717, 1.165) is 47.9 Å². The maximum absolute atomic E-state index is 10.6. The van der Waals surface area contributed by atoms with Crippen LogP contribution in [-0.2, 0) is 6.54 Å². The molecule has 2 fully saturated rings. The van der Waals surface area contributed by atoms with E-state index < -0.39 is 5.60 Å². The summed E-state index contributed by atoms with van der Waals surface area (Å²) in [5.74, 6) is 0. The maximum Gasteiger partial charge on any atom is 0.207 e. The smallest absolute Gasteiger partial charge is 0.207 e. The largest absolute Gasteiger partial charge is 0.388 e. The molecule has 0 unspecified atom stereocenters. The van der Waals surface area contributed by atoms with Gasteiger partial charge in [0.05, 0.1) is 12.1 Å². The lowest BCUT2D eigenvalue weighted by Crippen LogP contribution is -2.36. The molecule has 1 saturated carbocycles. The average Bonchev–Trinajstić information content (AvgIpc) is 3.00. The van der Waals surface area contributed by atoms with Crippen LogP contribution in [0.4, 0.5) is 5.13 Å². The van der Waals surface area contributed by atoms with E-state index in [4.69, 9.17) is 12.2 Å². The minimum atomic E-state index is -0.590. The van der Waals surface area contributed by atoms with Gasteiger partial charge < -0.3 is 10.0 Å². The minimum Gasteiger partial charge on any atom is -0.388 e. The summed E-state index contributed by atoms with van der Waals surface area (Å²) in [6.07, 6.45) is 7.73. The van der Waals surface area contributed by atoms with E-state index in [9.17, 15) is 5.11 Å². The van der Waals surface area contributed by atoms with Crippen LogP contribution in [-0.4, -0.2) is 33.6 Å². The highest BCUT2D eigenvalue weighted by atomic mass is 32.1. The first kappa shape index (κ1) is 13.5. The molecule has 19 heavy (non-hydrogen) atoms. The van der Waals surface area contributed by atoms with E-state index in [0.29, 0.717) is 6.54 Å². The highest BCUT2D eigenvalue weighted by Gasteiger charge is 2.30. The van der Waals surface area contributed by atoms with Gasteiger partial charge >= 0.3 is 0 Å². The number of hydrogen-bond donors (Lipinski definition) is 1. The molecule has 1 aliphatic carbocycles. The molecular weight excluding hydrogens is 278 g/mol. The zero-order chi connectivity index (χ0) is 13.3. The van der Waals surface area contributed by atoms with Crippen molar-refractivity contribution in [3.8, 4) is 0 Å². The molecule has 0 bridgehead atoms. The molecule has 0 amide bonds. The molecular formula is C13H21N3OS2. The van der Waals surface area contributed by atoms with Crippen LogP contribution in [0.5, 0.6) is 0 Å². The van der Waals surface area contributed by atoms with Crippen molar-refractivity contribution in [2.24, 2.45) is 0 Å². The molecule has 106 valence electrons. The van der Waals surface area contributed by atoms with Gasteiger partial charge in [0.1, 0.15) is 0 Å². The maximum atomic E-state index is 10.6. The van der Waals surface area contributed by atoms with Crippen LogP contribution in [0.25, 0.3) is 0 Å². The fourth-order valence-electron chi connectivity index (χ4n) is 3.08. The first-order chi connectivity index (χ1) is 9.16. The second kappa shape index (κ2) is 5.50. The number of nitrogens with zero attached hydrogens (tertiary/aromatic N) is 3. The van der Waals surface area contributed by atoms with Crippen LogP contribution in [0, 0.1) is 3.95 Å². The lowest BCUT2D eigenvalue weighted by molar-refractivity contribution is -0.0144. The van der Waals surface area contributed by atoms with Crippen molar-refractivity contribution in [2.75, 3.05) is 18.0 Å². The van der Waals surface area contributed by atoms with Crippen LogP contribution >= 0.6 is 23.6 Å². The van der Waals surface area contributed by atoms with Crippen molar-refractivity contribution in [2.45, 2.75) is 57.1 Å². The Kier molecular flexibility index (Phi) is 3.91. The molecule has 1 aliphatic heterocycles. The molecule has 1 N–H and O–H groups in total. The Hall–Kier alpha value is -0.460. The first-order valence-electron chi connectivity index (χ1n) is 7.22. The lowest BCUT2D eigenvalue weighted by atomic mass is 9.85.